The first-order chi connectivity index (χ1) is 10.8. The molecule has 22 heavy (non-hydrogen) atoms. The van der Waals surface area contributed by atoms with E-state index in [1.54, 1.807) is 24.5 Å². The Balaban J connectivity index is 1.68. The van der Waals surface area contributed by atoms with Gasteiger partial charge in [-0.15, -0.1) is 11.3 Å². The minimum absolute atomic E-state index is 0.189. The van der Waals surface area contributed by atoms with Gasteiger partial charge in [-0.25, -0.2) is 0 Å². The third-order valence-electron chi connectivity index (χ3n) is 2.99. The summed E-state index contributed by atoms with van der Waals surface area (Å²) in [7, 11) is 0. The van der Waals surface area contributed by atoms with Crippen molar-refractivity contribution in [2.45, 2.75) is 6.61 Å². The van der Waals surface area contributed by atoms with E-state index in [0.717, 1.165) is 5.56 Å². The second-order valence-corrected chi connectivity index (χ2v) is 5.50. The molecule has 0 aliphatic carbocycles. The molecular formula is C17H14N2O2S. The average Bonchev–Trinajstić information content (AvgIpc) is 3.03. The van der Waals surface area contributed by atoms with E-state index in [9.17, 15) is 4.79 Å². The molecule has 0 saturated carbocycles. The van der Waals surface area contributed by atoms with Crippen LogP contribution in [0, 0.1) is 0 Å². The van der Waals surface area contributed by atoms with Gasteiger partial charge in [0.15, 0.2) is 0 Å². The van der Waals surface area contributed by atoms with Gasteiger partial charge in [0.25, 0.3) is 5.91 Å². The molecule has 0 spiro atoms. The molecule has 0 aliphatic heterocycles. The van der Waals surface area contributed by atoms with Gasteiger partial charge in [0.2, 0.25) is 0 Å². The fraction of sp³-hybridized carbons (Fsp3) is 0.0588. The van der Waals surface area contributed by atoms with Gasteiger partial charge < -0.3 is 10.1 Å². The molecule has 5 heteroatoms. The molecule has 2 aromatic heterocycles. The van der Waals surface area contributed by atoms with Crippen LogP contribution in [0.5, 0.6) is 5.75 Å². The molecule has 4 nitrogen and oxygen atoms in total. The van der Waals surface area contributed by atoms with Crippen molar-refractivity contribution in [3.05, 3.63) is 76.7 Å². The van der Waals surface area contributed by atoms with Crippen LogP contribution in [-0.2, 0) is 6.61 Å². The highest BCUT2D eigenvalue weighted by molar-refractivity contribution is 7.12. The first kappa shape index (κ1) is 14.3. The zero-order valence-corrected chi connectivity index (χ0v) is 12.5. The number of amides is 1. The Hall–Kier alpha value is -2.66. The number of thiophene rings is 1. The van der Waals surface area contributed by atoms with Crippen LogP contribution in [0.2, 0.25) is 0 Å². The van der Waals surface area contributed by atoms with Crippen LogP contribution in [0.4, 0.5) is 5.69 Å². The summed E-state index contributed by atoms with van der Waals surface area (Å²) >= 11 is 1.35. The second kappa shape index (κ2) is 6.87. The van der Waals surface area contributed by atoms with E-state index in [0.29, 0.717) is 22.9 Å². The van der Waals surface area contributed by atoms with Crippen LogP contribution >= 0.6 is 11.3 Å². The van der Waals surface area contributed by atoms with E-state index in [1.807, 2.05) is 41.8 Å². The Labute approximate surface area is 132 Å². The third-order valence-corrected chi connectivity index (χ3v) is 3.89. The highest BCUT2D eigenvalue weighted by Crippen LogP contribution is 2.26. The number of carbonyl (C=O) groups excluding carboxylic acids is 1. The Bertz CT molecular complexity index is 742. The van der Waals surface area contributed by atoms with Crippen molar-refractivity contribution < 1.29 is 9.53 Å². The van der Waals surface area contributed by atoms with E-state index in [4.69, 9.17) is 4.74 Å². The van der Waals surface area contributed by atoms with Gasteiger partial charge in [0.05, 0.1) is 11.9 Å². The highest BCUT2D eigenvalue weighted by atomic mass is 32.1. The Kier molecular flexibility index (Phi) is 4.46. The molecule has 0 unspecified atom stereocenters. The van der Waals surface area contributed by atoms with Crippen molar-refractivity contribution in [1.82, 2.24) is 4.98 Å². The van der Waals surface area contributed by atoms with Gasteiger partial charge in [0, 0.05) is 6.20 Å². The molecule has 1 amide bonds. The Morgan fingerprint density at radius 3 is 2.77 bits per heavy atom. The van der Waals surface area contributed by atoms with Crippen molar-refractivity contribution in [2.24, 2.45) is 0 Å². The quantitative estimate of drug-likeness (QED) is 0.775. The van der Waals surface area contributed by atoms with Gasteiger partial charge in [-0.1, -0.05) is 30.3 Å². The Morgan fingerprint density at radius 2 is 2.00 bits per heavy atom. The van der Waals surface area contributed by atoms with Crippen LogP contribution in [0.15, 0.2) is 66.3 Å². The molecule has 110 valence electrons. The second-order valence-electron chi connectivity index (χ2n) is 4.58. The molecule has 2 heterocycles. The summed E-state index contributed by atoms with van der Waals surface area (Å²) in [6.45, 7) is 0.435. The van der Waals surface area contributed by atoms with Crippen molar-refractivity contribution in [3.63, 3.8) is 0 Å². The molecule has 0 atom stereocenters. The average molecular weight is 310 g/mol. The summed E-state index contributed by atoms with van der Waals surface area (Å²) in [5.41, 5.74) is 1.72. The lowest BCUT2D eigenvalue weighted by atomic mass is 10.2. The third kappa shape index (κ3) is 3.51. The zero-order valence-electron chi connectivity index (χ0n) is 11.7. The maximum Gasteiger partial charge on any atom is 0.269 e. The standard InChI is InChI=1S/C17H14N2O2S/c20-17(19-14-7-4-9-18-11-14)16-15(8-10-22-16)21-12-13-5-2-1-3-6-13/h1-11H,12H2,(H,19,20). The van der Waals surface area contributed by atoms with Crippen molar-refractivity contribution in [1.29, 1.82) is 0 Å². The van der Waals surface area contributed by atoms with Gasteiger partial charge in [-0.3, -0.25) is 9.78 Å². The predicted octanol–water partition coefficient (Wildman–Crippen LogP) is 3.97. The van der Waals surface area contributed by atoms with Gasteiger partial charge >= 0.3 is 0 Å². The summed E-state index contributed by atoms with van der Waals surface area (Å²) in [4.78, 5) is 16.8. The van der Waals surface area contributed by atoms with E-state index < -0.39 is 0 Å². The van der Waals surface area contributed by atoms with E-state index in [-0.39, 0.29) is 5.91 Å². The topological polar surface area (TPSA) is 51.2 Å². The van der Waals surface area contributed by atoms with Crippen LogP contribution < -0.4 is 10.1 Å². The first-order valence-corrected chi connectivity index (χ1v) is 7.66. The monoisotopic (exact) mass is 310 g/mol. The number of anilines is 1. The minimum atomic E-state index is -0.189. The highest BCUT2D eigenvalue weighted by Gasteiger charge is 2.14. The number of benzene rings is 1. The van der Waals surface area contributed by atoms with Gasteiger partial charge in [-0.2, -0.15) is 0 Å². The lowest BCUT2D eigenvalue weighted by Gasteiger charge is -2.08. The number of nitrogens with one attached hydrogen (secondary N) is 1. The lowest BCUT2D eigenvalue weighted by Crippen LogP contribution is -2.11. The molecule has 1 N–H and O–H groups in total. The number of aromatic nitrogens is 1. The molecule has 0 radical (unpaired) electrons. The summed E-state index contributed by atoms with van der Waals surface area (Å²) in [5.74, 6) is 0.404. The molecule has 1 aromatic carbocycles. The molecule has 3 rings (SSSR count). The van der Waals surface area contributed by atoms with Crippen LogP contribution in [-0.4, -0.2) is 10.9 Å². The number of hydrogen-bond acceptors (Lipinski definition) is 4. The van der Waals surface area contributed by atoms with E-state index in [1.165, 1.54) is 11.3 Å². The smallest absolute Gasteiger partial charge is 0.269 e. The van der Waals surface area contributed by atoms with Crippen molar-refractivity contribution >= 4 is 22.9 Å². The molecule has 0 bridgehead atoms. The molecule has 0 saturated heterocycles. The molecule has 3 aromatic rings. The van der Waals surface area contributed by atoms with Gasteiger partial charge in [0.1, 0.15) is 17.2 Å². The van der Waals surface area contributed by atoms with Crippen LogP contribution in [0.25, 0.3) is 0 Å². The van der Waals surface area contributed by atoms with Crippen LogP contribution in [0.1, 0.15) is 15.2 Å². The number of carbonyl (C=O) groups is 1. The largest absolute Gasteiger partial charge is 0.487 e. The fourth-order valence-corrected chi connectivity index (χ4v) is 2.67. The van der Waals surface area contributed by atoms with Gasteiger partial charge in [-0.05, 0) is 29.1 Å². The Morgan fingerprint density at radius 1 is 1.14 bits per heavy atom. The lowest BCUT2D eigenvalue weighted by molar-refractivity contribution is 0.102. The number of hydrogen-bond donors (Lipinski definition) is 1. The predicted molar refractivity (Wildman–Crippen MR) is 87.3 cm³/mol. The number of rotatable bonds is 5. The van der Waals surface area contributed by atoms with Crippen molar-refractivity contribution in [3.8, 4) is 5.75 Å². The fourth-order valence-electron chi connectivity index (χ4n) is 1.94. The number of nitrogens with zero attached hydrogens (tertiary/aromatic N) is 1. The zero-order chi connectivity index (χ0) is 15.2. The SMILES string of the molecule is O=C(Nc1cccnc1)c1sccc1OCc1ccccc1. The number of ether oxygens (including phenoxy) is 1. The normalized spacial score (nSPS) is 10.2. The molecule has 0 fully saturated rings. The first-order valence-electron chi connectivity index (χ1n) is 6.78. The maximum absolute atomic E-state index is 12.3. The summed E-state index contributed by atoms with van der Waals surface area (Å²) < 4.78 is 5.76. The molecular weight excluding hydrogens is 296 g/mol. The van der Waals surface area contributed by atoms with E-state index in [2.05, 4.69) is 10.3 Å². The number of pyridine rings is 1. The summed E-state index contributed by atoms with van der Waals surface area (Å²) in [6.07, 6.45) is 3.27. The van der Waals surface area contributed by atoms with Crippen LogP contribution in [0.3, 0.4) is 0 Å². The maximum atomic E-state index is 12.3. The van der Waals surface area contributed by atoms with E-state index >= 15 is 0 Å². The summed E-state index contributed by atoms with van der Waals surface area (Å²) in [5, 5.41) is 4.66. The molecule has 0 aliphatic rings. The minimum Gasteiger partial charge on any atom is -0.487 e. The summed E-state index contributed by atoms with van der Waals surface area (Å²) in [6, 6.07) is 15.2. The van der Waals surface area contributed by atoms with Crippen molar-refractivity contribution in [2.75, 3.05) is 5.32 Å².